The van der Waals surface area contributed by atoms with Crippen LogP contribution < -0.4 is 0 Å². The molecule has 0 atom stereocenters. The summed E-state index contributed by atoms with van der Waals surface area (Å²) in [6, 6.07) is 3.55. The Labute approximate surface area is 94.5 Å². The van der Waals surface area contributed by atoms with Gasteiger partial charge in [0.2, 0.25) is 0 Å². The number of benzene rings is 1. The van der Waals surface area contributed by atoms with E-state index in [-0.39, 0.29) is 11.7 Å². The van der Waals surface area contributed by atoms with E-state index in [0.29, 0.717) is 24.8 Å². The van der Waals surface area contributed by atoms with E-state index >= 15 is 0 Å². The number of hydrogen-bond donors (Lipinski definition) is 0. The second kappa shape index (κ2) is 5.73. The van der Waals surface area contributed by atoms with Crippen molar-refractivity contribution < 1.29 is 13.6 Å². The number of rotatable bonds is 5. The van der Waals surface area contributed by atoms with Gasteiger partial charge in [-0.1, -0.05) is 19.9 Å². The van der Waals surface area contributed by atoms with Crippen LogP contribution in [0.3, 0.4) is 0 Å². The molecule has 0 heterocycles. The van der Waals surface area contributed by atoms with Gasteiger partial charge in [-0.3, -0.25) is 4.79 Å². The summed E-state index contributed by atoms with van der Waals surface area (Å²) in [4.78, 5) is 11.3. The molecule has 1 rings (SSSR count). The van der Waals surface area contributed by atoms with Crippen molar-refractivity contribution in [2.75, 3.05) is 0 Å². The molecule has 0 aliphatic rings. The standard InChI is InChI=1S/C13H16F2O/c1-9(2)13(16)5-3-4-10-6-7-11(14)8-12(10)15/h6-9H,3-5H2,1-2H3. The second-order valence-electron chi connectivity index (χ2n) is 4.21. The van der Waals surface area contributed by atoms with Crippen LogP contribution in [-0.2, 0) is 11.2 Å². The predicted octanol–water partition coefficient (Wildman–Crippen LogP) is 3.51. The maximum absolute atomic E-state index is 13.2. The zero-order valence-corrected chi connectivity index (χ0v) is 9.59. The molecule has 0 amide bonds. The van der Waals surface area contributed by atoms with Crippen LogP contribution >= 0.6 is 0 Å². The van der Waals surface area contributed by atoms with Crippen LogP contribution in [0.25, 0.3) is 0 Å². The summed E-state index contributed by atoms with van der Waals surface area (Å²) in [5.41, 5.74) is 0.470. The van der Waals surface area contributed by atoms with Crippen molar-refractivity contribution >= 4 is 5.78 Å². The van der Waals surface area contributed by atoms with Gasteiger partial charge in [-0.25, -0.2) is 8.78 Å². The van der Waals surface area contributed by atoms with Gasteiger partial charge in [0.1, 0.15) is 17.4 Å². The lowest BCUT2D eigenvalue weighted by molar-refractivity contribution is -0.121. The van der Waals surface area contributed by atoms with Crippen LogP contribution in [0.4, 0.5) is 8.78 Å². The van der Waals surface area contributed by atoms with E-state index in [0.717, 1.165) is 6.07 Å². The van der Waals surface area contributed by atoms with Crippen LogP contribution in [0.2, 0.25) is 0 Å². The number of carbonyl (C=O) groups excluding carboxylic acids is 1. The fourth-order valence-corrected chi connectivity index (χ4v) is 1.47. The molecule has 1 nitrogen and oxygen atoms in total. The zero-order valence-electron chi connectivity index (χ0n) is 9.59. The van der Waals surface area contributed by atoms with Gasteiger partial charge in [-0.05, 0) is 24.5 Å². The monoisotopic (exact) mass is 226 g/mol. The SMILES string of the molecule is CC(C)C(=O)CCCc1ccc(F)cc1F. The molecule has 0 fully saturated rings. The predicted molar refractivity (Wildman–Crippen MR) is 59.1 cm³/mol. The molecule has 1 aromatic carbocycles. The van der Waals surface area contributed by atoms with Crippen LogP contribution in [-0.4, -0.2) is 5.78 Å². The Kier molecular flexibility index (Phi) is 4.59. The smallest absolute Gasteiger partial charge is 0.135 e. The van der Waals surface area contributed by atoms with Gasteiger partial charge in [-0.15, -0.1) is 0 Å². The van der Waals surface area contributed by atoms with Crippen molar-refractivity contribution in [2.24, 2.45) is 5.92 Å². The number of halogens is 2. The highest BCUT2D eigenvalue weighted by molar-refractivity contribution is 5.80. The van der Waals surface area contributed by atoms with E-state index in [1.165, 1.54) is 12.1 Å². The maximum Gasteiger partial charge on any atom is 0.135 e. The summed E-state index contributed by atoms with van der Waals surface area (Å²) in [6.45, 7) is 3.70. The third-order valence-electron chi connectivity index (χ3n) is 2.53. The van der Waals surface area contributed by atoms with E-state index in [4.69, 9.17) is 0 Å². The lowest BCUT2D eigenvalue weighted by Crippen LogP contribution is -2.07. The lowest BCUT2D eigenvalue weighted by Gasteiger charge is -2.05. The molecule has 0 aliphatic carbocycles. The summed E-state index contributed by atoms with van der Waals surface area (Å²) in [7, 11) is 0. The molecule has 0 saturated heterocycles. The first-order valence-corrected chi connectivity index (χ1v) is 5.47. The van der Waals surface area contributed by atoms with E-state index < -0.39 is 11.6 Å². The summed E-state index contributed by atoms with van der Waals surface area (Å²) < 4.78 is 25.8. The van der Waals surface area contributed by atoms with E-state index in [1.807, 2.05) is 13.8 Å². The molecule has 0 aromatic heterocycles. The summed E-state index contributed by atoms with van der Waals surface area (Å²) in [6.07, 6.45) is 1.54. The minimum absolute atomic E-state index is 0.0260. The molecular formula is C13H16F2O. The molecule has 3 heteroatoms. The quantitative estimate of drug-likeness (QED) is 0.750. The Hall–Kier alpha value is -1.25. The van der Waals surface area contributed by atoms with Crippen molar-refractivity contribution in [3.63, 3.8) is 0 Å². The highest BCUT2D eigenvalue weighted by atomic mass is 19.1. The Morgan fingerprint density at radius 2 is 2.00 bits per heavy atom. The highest BCUT2D eigenvalue weighted by Gasteiger charge is 2.08. The molecule has 0 aliphatic heterocycles. The van der Waals surface area contributed by atoms with Crippen LogP contribution in [0, 0.1) is 17.6 Å². The fraction of sp³-hybridized carbons (Fsp3) is 0.462. The fourth-order valence-electron chi connectivity index (χ4n) is 1.47. The van der Waals surface area contributed by atoms with Crippen molar-refractivity contribution in [1.29, 1.82) is 0 Å². The largest absolute Gasteiger partial charge is 0.299 e. The average molecular weight is 226 g/mol. The number of aryl methyl sites for hydroxylation is 1. The van der Waals surface area contributed by atoms with Gasteiger partial charge in [0, 0.05) is 18.4 Å². The van der Waals surface area contributed by atoms with Gasteiger partial charge < -0.3 is 0 Å². The van der Waals surface area contributed by atoms with Crippen molar-refractivity contribution in [3.8, 4) is 0 Å². The maximum atomic E-state index is 13.2. The molecular weight excluding hydrogens is 210 g/mol. The zero-order chi connectivity index (χ0) is 12.1. The first-order chi connectivity index (χ1) is 7.50. The molecule has 88 valence electrons. The minimum Gasteiger partial charge on any atom is -0.299 e. The van der Waals surface area contributed by atoms with Crippen LogP contribution in [0.1, 0.15) is 32.3 Å². The van der Waals surface area contributed by atoms with Gasteiger partial charge >= 0.3 is 0 Å². The Morgan fingerprint density at radius 3 is 2.56 bits per heavy atom. The first kappa shape index (κ1) is 12.8. The molecule has 0 unspecified atom stereocenters. The minimum atomic E-state index is -0.570. The number of ketones is 1. The second-order valence-corrected chi connectivity index (χ2v) is 4.21. The molecule has 0 radical (unpaired) electrons. The van der Waals surface area contributed by atoms with Crippen LogP contribution in [0.15, 0.2) is 18.2 Å². The molecule has 1 aromatic rings. The summed E-state index contributed by atoms with van der Waals surface area (Å²) >= 11 is 0. The van der Waals surface area contributed by atoms with Gasteiger partial charge in [0.25, 0.3) is 0 Å². The Balaban J connectivity index is 2.46. The normalized spacial score (nSPS) is 10.8. The molecule has 16 heavy (non-hydrogen) atoms. The highest BCUT2D eigenvalue weighted by Crippen LogP contribution is 2.13. The van der Waals surface area contributed by atoms with Gasteiger partial charge in [0.15, 0.2) is 0 Å². The summed E-state index contributed by atoms with van der Waals surface area (Å²) in [5, 5.41) is 0. The molecule has 0 saturated carbocycles. The number of Topliss-reactive ketones (excluding diaryl/α,β-unsaturated/α-hetero) is 1. The third-order valence-corrected chi connectivity index (χ3v) is 2.53. The number of hydrogen-bond acceptors (Lipinski definition) is 1. The van der Waals surface area contributed by atoms with Crippen molar-refractivity contribution in [2.45, 2.75) is 33.1 Å². The molecule has 0 N–H and O–H groups in total. The Bertz CT molecular complexity index is 372. The van der Waals surface area contributed by atoms with Crippen molar-refractivity contribution in [1.82, 2.24) is 0 Å². The lowest BCUT2D eigenvalue weighted by atomic mass is 10.0. The average Bonchev–Trinajstić information content (AvgIpc) is 2.20. The van der Waals surface area contributed by atoms with E-state index in [2.05, 4.69) is 0 Å². The van der Waals surface area contributed by atoms with Gasteiger partial charge in [0.05, 0.1) is 0 Å². The number of carbonyl (C=O) groups is 1. The topological polar surface area (TPSA) is 17.1 Å². The van der Waals surface area contributed by atoms with Crippen LogP contribution in [0.5, 0.6) is 0 Å². The molecule has 0 bridgehead atoms. The third kappa shape index (κ3) is 3.72. The van der Waals surface area contributed by atoms with Crippen molar-refractivity contribution in [3.05, 3.63) is 35.4 Å². The summed E-state index contributed by atoms with van der Waals surface area (Å²) in [5.74, 6) is -0.892. The first-order valence-electron chi connectivity index (χ1n) is 5.47. The van der Waals surface area contributed by atoms with Gasteiger partial charge in [-0.2, -0.15) is 0 Å². The van der Waals surface area contributed by atoms with E-state index in [1.54, 1.807) is 0 Å². The molecule has 0 spiro atoms. The van der Waals surface area contributed by atoms with E-state index in [9.17, 15) is 13.6 Å². The Morgan fingerprint density at radius 1 is 1.31 bits per heavy atom.